The van der Waals surface area contributed by atoms with E-state index in [9.17, 15) is 22.8 Å². The number of ether oxygens (including phenoxy) is 1. The van der Waals surface area contributed by atoms with E-state index in [4.69, 9.17) is 10.5 Å². The number of nitrogens with two attached hydrogens (primary N) is 1. The highest BCUT2D eigenvalue weighted by atomic mass is 32.2. The van der Waals surface area contributed by atoms with Crippen molar-refractivity contribution in [3.63, 3.8) is 0 Å². The van der Waals surface area contributed by atoms with Gasteiger partial charge in [0.05, 0.1) is 16.2 Å². The molecule has 1 fully saturated rings. The van der Waals surface area contributed by atoms with Crippen molar-refractivity contribution in [2.75, 3.05) is 11.6 Å². The molecule has 0 spiro atoms. The molecular formula is C31H32FN7O6S. The number of aromatic nitrogens is 4. The van der Waals surface area contributed by atoms with Gasteiger partial charge >= 0.3 is 12.0 Å². The SMILES string of the molecule is CC(C)(C)OC(=O)C1CC(S(=O)(=O)c2ccccc2)C(c2ccccc2F)N1C(=O)CN(C(N)=O)n1nnc(-c2ccccc2)n1. The van der Waals surface area contributed by atoms with Crippen molar-refractivity contribution < 1.29 is 31.9 Å². The van der Waals surface area contributed by atoms with E-state index in [1.165, 1.54) is 42.5 Å². The Morgan fingerprint density at radius 3 is 2.20 bits per heavy atom. The predicted molar refractivity (Wildman–Crippen MR) is 164 cm³/mol. The fourth-order valence-corrected chi connectivity index (χ4v) is 7.28. The van der Waals surface area contributed by atoms with Gasteiger partial charge in [-0.3, -0.25) is 4.79 Å². The molecule has 3 unspecified atom stereocenters. The molecule has 3 aromatic carbocycles. The van der Waals surface area contributed by atoms with Gasteiger partial charge in [0.1, 0.15) is 24.0 Å². The zero-order valence-corrected chi connectivity index (χ0v) is 26.0. The summed E-state index contributed by atoms with van der Waals surface area (Å²) in [6.07, 6.45) is -0.410. The summed E-state index contributed by atoms with van der Waals surface area (Å²) in [4.78, 5) is 42.1. The molecule has 5 rings (SSSR count). The lowest BCUT2D eigenvalue weighted by atomic mass is 10.0. The molecule has 0 aliphatic carbocycles. The first-order chi connectivity index (χ1) is 21.8. The molecule has 3 atom stereocenters. The second-order valence-corrected chi connectivity index (χ2v) is 13.8. The summed E-state index contributed by atoms with van der Waals surface area (Å²) in [6.45, 7) is 4.01. The van der Waals surface area contributed by atoms with E-state index in [-0.39, 0.29) is 16.3 Å². The Morgan fingerprint density at radius 2 is 1.59 bits per heavy atom. The molecule has 3 amide bonds. The summed E-state index contributed by atoms with van der Waals surface area (Å²) in [5.41, 5.74) is 5.05. The summed E-state index contributed by atoms with van der Waals surface area (Å²) in [6, 6.07) is 17.5. The number of esters is 1. The molecular weight excluding hydrogens is 617 g/mol. The normalized spacial score (nSPS) is 18.3. The van der Waals surface area contributed by atoms with Gasteiger partial charge in [0.2, 0.25) is 11.7 Å². The maximum atomic E-state index is 15.5. The van der Waals surface area contributed by atoms with Crippen LogP contribution in [0.4, 0.5) is 9.18 Å². The van der Waals surface area contributed by atoms with Crippen LogP contribution in [-0.2, 0) is 24.2 Å². The summed E-state index contributed by atoms with van der Waals surface area (Å²) in [5, 5.41) is 11.2. The van der Waals surface area contributed by atoms with Crippen LogP contribution in [0.3, 0.4) is 0 Å². The molecule has 240 valence electrons. The number of sulfone groups is 1. The fraction of sp³-hybridized carbons (Fsp3) is 0.290. The van der Waals surface area contributed by atoms with Crippen LogP contribution in [0.5, 0.6) is 0 Å². The number of amides is 3. The molecule has 1 aromatic heterocycles. The lowest BCUT2D eigenvalue weighted by Gasteiger charge is -2.33. The maximum Gasteiger partial charge on any atom is 0.337 e. The van der Waals surface area contributed by atoms with Gasteiger partial charge in [-0.25, -0.2) is 22.4 Å². The van der Waals surface area contributed by atoms with Gasteiger partial charge in [-0.05, 0) is 50.6 Å². The van der Waals surface area contributed by atoms with Crippen LogP contribution in [-0.4, -0.2) is 75.0 Å². The second kappa shape index (κ2) is 12.7. The molecule has 1 aliphatic heterocycles. The number of nitrogens with zero attached hydrogens (tertiary/aromatic N) is 6. The number of carbonyl (C=O) groups is 3. The van der Waals surface area contributed by atoms with E-state index < -0.39 is 69.5 Å². The maximum absolute atomic E-state index is 15.5. The Hall–Kier alpha value is -5.18. The summed E-state index contributed by atoms with van der Waals surface area (Å²) in [7, 11) is -4.27. The number of hydrogen-bond donors (Lipinski definition) is 1. The number of benzene rings is 3. The van der Waals surface area contributed by atoms with Crippen LogP contribution in [0.15, 0.2) is 89.8 Å². The highest BCUT2D eigenvalue weighted by Gasteiger charge is 2.54. The Morgan fingerprint density at radius 1 is 0.978 bits per heavy atom. The number of likely N-dealkylation sites (tertiary alicyclic amines) is 1. The second-order valence-electron chi connectivity index (χ2n) is 11.6. The number of hydrogen-bond acceptors (Lipinski definition) is 9. The Bertz CT molecular complexity index is 1850. The molecule has 15 heteroatoms. The minimum atomic E-state index is -4.27. The van der Waals surface area contributed by atoms with Crippen molar-refractivity contribution in [2.45, 2.75) is 55.0 Å². The first kappa shape index (κ1) is 32.2. The number of carbonyl (C=O) groups excluding carboxylic acids is 3. The smallest absolute Gasteiger partial charge is 0.337 e. The summed E-state index contributed by atoms with van der Waals surface area (Å²) < 4.78 is 49.3. The predicted octanol–water partition coefficient (Wildman–Crippen LogP) is 3.02. The van der Waals surface area contributed by atoms with Gasteiger partial charge in [0.25, 0.3) is 0 Å². The van der Waals surface area contributed by atoms with Crippen molar-refractivity contribution in [2.24, 2.45) is 5.73 Å². The third kappa shape index (κ3) is 6.59. The van der Waals surface area contributed by atoms with Crippen LogP contribution in [0, 0.1) is 5.82 Å². The monoisotopic (exact) mass is 649 g/mol. The molecule has 1 aliphatic rings. The fourth-order valence-electron chi connectivity index (χ4n) is 5.34. The molecule has 0 radical (unpaired) electrons. The van der Waals surface area contributed by atoms with Crippen LogP contribution in [0.1, 0.15) is 38.8 Å². The van der Waals surface area contributed by atoms with E-state index in [0.29, 0.717) is 10.6 Å². The van der Waals surface area contributed by atoms with Gasteiger partial charge in [0.15, 0.2) is 9.84 Å². The van der Waals surface area contributed by atoms with Crippen molar-refractivity contribution in [3.05, 3.63) is 96.3 Å². The first-order valence-corrected chi connectivity index (χ1v) is 15.8. The minimum absolute atomic E-state index is 0.0717. The standard InChI is InChI=1S/C31H32FN7O6S/c1-31(2,3)45-29(41)24-18-25(46(43,44)21-14-8-5-9-15-21)27(22-16-10-11-17-23(22)32)38(24)26(40)19-37(30(33)42)39-35-28(34-36-39)20-12-6-4-7-13-20/h4-17,24-25,27H,18-19H2,1-3H3,(H2,33,42). The number of rotatable bonds is 8. The van der Waals surface area contributed by atoms with Crippen LogP contribution >= 0.6 is 0 Å². The van der Waals surface area contributed by atoms with Crippen molar-refractivity contribution in [3.8, 4) is 11.4 Å². The molecule has 0 saturated carbocycles. The van der Waals surface area contributed by atoms with Crippen LogP contribution in [0.2, 0.25) is 0 Å². The summed E-state index contributed by atoms with van der Waals surface area (Å²) in [5.74, 6) is -2.50. The number of urea groups is 1. The molecule has 2 heterocycles. The van der Waals surface area contributed by atoms with E-state index in [1.807, 2.05) is 0 Å². The van der Waals surface area contributed by atoms with Crippen molar-refractivity contribution in [1.82, 2.24) is 25.2 Å². The van der Waals surface area contributed by atoms with Crippen LogP contribution in [0.25, 0.3) is 11.4 Å². The van der Waals surface area contributed by atoms with E-state index in [1.54, 1.807) is 57.2 Å². The van der Waals surface area contributed by atoms with Crippen LogP contribution < -0.4 is 10.7 Å². The van der Waals surface area contributed by atoms with Gasteiger partial charge in [-0.2, -0.15) is 5.01 Å². The average molecular weight is 650 g/mol. The lowest BCUT2D eigenvalue weighted by Crippen LogP contribution is -2.54. The van der Waals surface area contributed by atoms with Gasteiger partial charge in [0, 0.05) is 11.1 Å². The Labute approximate surface area is 264 Å². The topological polar surface area (TPSA) is 171 Å². The Balaban J connectivity index is 1.60. The quantitative estimate of drug-likeness (QED) is 0.282. The largest absolute Gasteiger partial charge is 0.458 e. The summed E-state index contributed by atoms with van der Waals surface area (Å²) >= 11 is 0. The molecule has 0 bridgehead atoms. The minimum Gasteiger partial charge on any atom is -0.458 e. The number of tetrazole rings is 1. The third-order valence-corrected chi connectivity index (χ3v) is 9.47. The van der Waals surface area contributed by atoms with E-state index >= 15 is 4.39 Å². The van der Waals surface area contributed by atoms with Gasteiger partial charge < -0.3 is 15.4 Å². The molecule has 46 heavy (non-hydrogen) atoms. The van der Waals surface area contributed by atoms with Gasteiger partial charge in [-0.1, -0.05) is 71.6 Å². The number of primary amides is 1. The highest BCUT2D eigenvalue weighted by Crippen LogP contribution is 2.44. The Kier molecular flexibility index (Phi) is 8.87. The third-order valence-electron chi connectivity index (χ3n) is 7.30. The molecule has 13 nitrogen and oxygen atoms in total. The zero-order chi connectivity index (χ0) is 33.2. The van der Waals surface area contributed by atoms with Crippen molar-refractivity contribution >= 4 is 27.7 Å². The van der Waals surface area contributed by atoms with E-state index in [2.05, 4.69) is 15.4 Å². The highest BCUT2D eigenvalue weighted by molar-refractivity contribution is 7.92. The van der Waals surface area contributed by atoms with Crippen molar-refractivity contribution in [1.29, 1.82) is 0 Å². The first-order valence-electron chi connectivity index (χ1n) is 14.3. The molecule has 1 saturated heterocycles. The van der Waals surface area contributed by atoms with E-state index in [0.717, 1.165) is 15.9 Å². The number of halogens is 1. The molecule has 2 N–H and O–H groups in total. The lowest BCUT2D eigenvalue weighted by molar-refractivity contribution is -0.164. The zero-order valence-electron chi connectivity index (χ0n) is 25.2. The van der Waals surface area contributed by atoms with Gasteiger partial charge in [-0.15, -0.1) is 10.2 Å². The molecule has 4 aromatic rings. The average Bonchev–Trinajstić information content (AvgIpc) is 3.66.